The number of aromatic amines is 2. The predicted octanol–water partition coefficient (Wildman–Crippen LogP) is 3.93. The number of aryl methyl sites for hydroxylation is 1. The summed E-state index contributed by atoms with van der Waals surface area (Å²) in [6, 6.07) is 18.6. The van der Waals surface area contributed by atoms with E-state index in [1.165, 1.54) is 0 Å². The van der Waals surface area contributed by atoms with E-state index in [0.717, 1.165) is 39.1 Å². The monoisotopic (exact) mass is 274 g/mol. The third-order valence-corrected chi connectivity index (χ3v) is 3.73. The maximum absolute atomic E-state index is 4.27. The van der Waals surface area contributed by atoms with Gasteiger partial charge in [-0.05, 0) is 18.6 Å². The van der Waals surface area contributed by atoms with Crippen molar-refractivity contribution in [2.75, 3.05) is 0 Å². The van der Waals surface area contributed by atoms with Crippen molar-refractivity contribution >= 4 is 10.9 Å². The molecule has 0 saturated carbocycles. The Labute approximate surface area is 121 Å². The molecule has 0 spiro atoms. The van der Waals surface area contributed by atoms with E-state index in [1.807, 2.05) is 37.3 Å². The Morgan fingerprint density at radius 3 is 2.43 bits per heavy atom. The topological polar surface area (TPSA) is 57.4 Å². The van der Waals surface area contributed by atoms with Gasteiger partial charge in [-0.15, -0.1) is 5.10 Å². The first kappa shape index (κ1) is 11.9. The van der Waals surface area contributed by atoms with E-state index in [2.05, 4.69) is 44.7 Å². The molecule has 0 fully saturated rings. The lowest BCUT2D eigenvalue weighted by Crippen LogP contribution is -1.85. The van der Waals surface area contributed by atoms with E-state index in [-0.39, 0.29) is 0 Å². The highest BCUT2D eigenvalue weighted by atomic mass is 15.3. The molecule has 0 atom stereocenters. The highest BCUT2D eigenvalue weighted by molar-refractivity contribution is 6.03. The second-order valence-corrected chi connectivity index (χ2v) is 5.07. The molecule has 2 aromatic heterocycles. The molecule has 0 saturated heterocycles. The Morgan fingerprint density at radius 1 is 0.905 bits per heavy atom. The third-order valence-electron chi connectivity index (χ3n) is 3.73. The van der Waals surface area contributed by atoms with Gasteiger partial charge >= 0.3 is 0 Å². The van der Waals surface area contributed by atoms with Gasteiger partial charge in [-0.1, -0.05) is 53.7 Å². The van der Waals surface area contributed by atoms with Crippen molar-refractivity contribution in [1.82, 2.24) is 20.4 Å². The Kier molecular flexibility index (Phi) is 2.60. The molecule has 0 bridgehead atoms. The number of aromatic nitrogens is 4. The fraction of sp³-hybridized carbons (Fsp3) is 0.0588. The lowest BCUT2D eigenvalue weighted by Gasteiger charge is -2.03. The van der Waals surface area contributed by atoms with Gasteiger partial charge in [0.1, 0.15) is 5.69 Å². The maximum atomic E-state index is 4.27. The van der Waals surface area contributed by atoms with Crippen LogP contribution < -0.4 is 0 Å². The summed E-state index contributed by atoms with van der Waals surface area (Å²) in [7, 11) is 0. The van der Waals surface area contributed by atoms with E-state index in [1.54, 1.807) is 0 Å². The van der Waals surface area contributed by atoms with Gasteiger partial charge in [0.15, 0.2) is 0 Å². The quantitative estimate of drug-likeness (QED) is 0.582. The minimum absolute atomic E-state index is 0.895. The molecule has 0 aliphatic heterocycles. The summed E-state index contributed by atoms with van der Waals surface area (Å²) in [5.41, 5.74) is 6.29. The van der Waals surface area contributed by atoms with Gasteiger partial charge in [-0.25, -0.2) is 0 Å². The van der Waals surface area contributed by atoms with Crippen LogP contribution in [-0.4, -0.2) is 20.4 Å². The van der Waals surface area contributed by atoms with Crippen LogP contribution in [0.1, 0.15) is 5.69 Å². The number of fused-ring (bicyclic) bond motifs is 1. The summed E-state index contributed by atoms with van der Waals surface area (Å²) >= 11 is 0. The lowest BCUT2D eigenvalue weighted by atomic mass is 10.0. The average molecular weight is 274 g/mol. The largest absolute Gasteiger partial charge is 0.354 e. The zero-order valence-corrected chi connectivity index (χ0v) is 11.6. The van der Waals surface area contributed by atoms with E-state index in [4.69, 9.17) is 0 Å². The van der Waals surface area contributed by atoms with Gasteiger partial charge in [-0.3, -0.25) is 5.10 Å². The Bertz CT molecular complexity index is 903. The van der Waals surface area contributed by atoms with Crippen LogP contribution in [-0.2, 0) is 0 Å². The number of hydrogen-bond acceptors (Lipinski definition) is 2. The lowest BCUT2D eigenvalue weighted by molar-refractivity contribution is 0.930. The molecule has 4 heteroatoms. The number of benzene rings is 2. The zero-order chi connectivity index (χ0) is 14.2. The van der Waals surface area contributed by atoms with E-state index in [9.17, 15) is 0 Å². The molecule has 2 aromatic carbocycles. The second kappa shape index (κ2) is 4.59. The third kappa shape index (κ3) is 1.84. The molecular weight excluding hydrogens is 260 g/mol. The van der Waals surface area contributed by atoms with E-state index in [0.29, 0.717) is 0 Å². The molecule has 102 valence electrons. The van der Waals surface area contributed by atoms with Crippen LogP contribution in [0.4, 0.5) is 0 Å². The molecule has 21 heavy (non-hydrogen) atoms. The van der Waals surface area contributed by atoms with Crippen LogP contribution in [0.15, 0.2) is 54.6 Å². The SMILES string of the molecule is Cc1[nH]nnc1-c1c(-c2ccccc2)[nH]c2ccccc12. The average Bonchev–Trinajstić information content (AvgIpc) is 3.11. The molecule has 0 unspecified atom stereocenters. The predicted molar refractivity (Wildman–Crippen MR) is 83.8 cm³/mol. The Morgan fingerprint density at radius 2 is 1.67 bits per heavy atom. The molecule has 0 amide bonds. The first-order chi connectivity index (χ1) is 10.3. The number of nitrogens with zero attached hydrogens (tertiary/aromatic N) is 2. The van der Waals surface area contributed by atoms with Crippen molar-refractivity contribution in [3.63, 3.8) is 0 Å². The second-order valence-electron chi connectivity index (χ2n) is 5.07. The normalized spacial score (nSPS) is 11.1. The van der Waals surface area contributed by atoms with Crippen molar-refractivity contribution < 1.29 is 0 Å². The summed E-state index contributed by atoms with van der Waals surface area (Å²) < 4.78 is 0. The molecule has 0 aliphatic rings. The number of nitrogens with one attached hydrogen (secondary N) is 2. The van der Waals surface area contributed by atoms with Gasteiger partial charge in [-0.2, -0.15) is 0 Å². The van der Waals surface area contributed by atoms with Gasteiger partial charge < -0.3 is 4.98 Å². The standard InChI is InChI=1S/C17H14N4/c1-11-16(20-21-19-11)15-13-9-5-6-10-14(13)18-17(15)12-7-3-2-4-8-12/h2-10,18H,1H3,(H,19,20,21). The van der Waals surface area contributed by atoms with E-state index >= 15 is 0 Å². The van der Waals surface area contributed by atoms with Crippen molar-refractivity contribution in [1.29, 1.82) is 0 Å². The van der Waals surface area contributed by atoms with Gasteiger partial charge in [0.2, 0.25) is 0 Å². The fourth-order valence-corrected chi connectivity index (χ4v) is 2.72. The van der Waals surface area contributed by atoms with Gasteiger partial charge in [0, 0.05) is 16.5 Å². The minimum Gasteiger partial charge on any atom is -0.354 e. The van der Waals surface area contributed by atoms with Crippen LogP contribution in [0.5, 0.6) is 0 Å². The van der Waals surface area contributed by atoms with Crippen LogP contribution in [0.25, 0.3) is 33.4 Å². The van der Waals surface area contributed by atoms with Crippen molar-refractivity contribution in [2.24, 2.45) is 0 Å². The zero-order valence-electron chi connectivity index (χ0n) is 11.6. The highest BCUT2D eigenvalue weighted by Crippen LogP contribution is 2.37. The summed E-state index contributed by atoms with van der Waals surface area (Å²) in [6.07, 6.45) is 0. The molecule has 0 radical (unpaired) electrons. The van der Waals surface area contributed by atoms with Gasteiger partial charge in [0.25, 0.3) is 0 Å². The number of para-hydroxylation sites is 1. The molecule has 4 nitrogen and oxygen atoms in total. The van der Waals surface area contributed by atoms with Crippen molar-refractivity contribution in [3.8, 4) is 22.5 Å². The van der Waals surface area contributed by atoms with Crippen molar-refractivity contribution in [3.05, 3.63) is 60.3 Å². The first-order valence-electron chi connectivity index (χ1n) is 6.89. The summed E-state index contributed by atoms with van der Waals surface area (Å²) in [4.78, 5) is 3.51. The van der Waals surface area contributed by atoms with Crippen LogP contribution in [0, 0.1) is 6.92 Å². The highest BCUT2D eigenvalue weighted by Gasteiger charge is 2.18. The molecule has 2 N–H and O–H groups in total. The fourth-order valence-electron chi connectivity index (χ4n) is 2.72. The van der Waals surface area contributed by atoms with Crippen molar-refractivity contribution in [2.45, 2.75) is 6.92 Å². The summed E-state index contributed by atoms with van der Waals surface area (Å²) in [5, 5.41) is 12.3. The Hall–Kier alpha value is -2.88. The van der Waals surface area contributed by atoms with Crippen LogP contribution in [0.3, 0.4) is 0 Å². The Balaban J connectivity index is 2.09. The van der Waals surface area contributed by atoms with E-state index < -0.39 is 0 Å². The summed E-state index contributed by atoms with van der Waals surface area (Å²) in [6.45, 7) is 1.99. The van der Waals surface area contributed by atoms with Crippen LogP contribution >= 0.6 is 0 Å². The first-order valence-corrected chi connectivity index (χ1v) is 6.89. The molecule has 0 aliphatic carbocycles. The van der Waals surface area contributed by atoms with Gasteiger partial charge in [0.05, 0.1) is 11.4 Å². The minimum atomic E-state index is 0.895. The smallest absolute Gasteiger partial charge is 0.118 e. The number of rotatable bonds is 2. The molecule has 4 rings (SSSR count). The number of H-pyrrole nitrogens is 2. The molecule has 2 heterocycles. The molecular formula is C17H14N4. The van der Waals surface area contributed by atoms with Crippen LogP contribution in [0.2, 0.25) is 0 Å². The maximum Gasteiger partial charge on any atom is 0.118 e. The molecule has 4 aromatic rings. The summed E-state index contributed by atoms with van der Waals surface area (Å²) in [5.74, 6) is 0. The number of hydrogen-bond donors (Lipinski definition) is 2.